The summed E-state index contributed by atoms with van der Waals surface area (Å²) in [6.07, 6.45) is 5.73. The van der Waals surface area contributed by atoms with Gasteiger partial charge in [-0.15, -0.1) is 0 Å². The second-order valence-electron chi connectivity index (χ2n) is 5.73. The summed E-state index contributed by atoms with van der Waals surface area (Å²) in [7, 11) is 0. The van der Waals surface area contributed by atoms with Gasteiger partial charge in [0.1, 0.15) is 17.5 Å². The fraction of sp³-hybridized carbons (Fsp3) is 0.714. The Morgan fingerprint density at radius 1 is 1.30 bits per heavy atom. The van der Waals surface area contributed by atoms with Crippen LogP contribution in [0.4, 0.5) is 11.6 Å². The third kappa shape index (κ3) is 2.71. The van der Waals surface area contributed by atoms with Gasteiger partial charge < -0.3 is 10.7 Å². The fourth-order valence-electron chi connectivity index (χ4n) is 3.42. The van der Waals surface area contributed by atoms with Gasteiger partial charge in [-0.05, 0) is 32.2 Å². The topological polar surface area (TPSA) is 79.1 Å². The number of nitrogens with zero attached hydrogens (tertiary/aromatic N) is 3. The Morgan fingerprint density at radius 3 is 2.95 bits per heavy atom. The highest BCUT2D eigenvalue weighted by Gasteiger charge is 2.37. The molecule has 3 heterocycles. The minimum absolute atomic E-state index is 0.507. The van der Waals surface area contributed by atoms with Crippen LogP contribution in [0.25, 0.3) is 0 Å². The van der Waals surface area contributed by atoms with E-state index in [0.717, 1.165) is 24.5 Å². The smallest absolute Gasteiger partial charge is 0.145 e. The van der Waals surface area contributed by atoms with Crippen LogP contribution in [-0.4, -0.2) is 40.0 Å². The predicted molar refractivity (Wildman–Crippen MR) is 80.5 cm³/mol. The maximum atomic E-state index is 5.50. The van der Waals surface area contributed by atoms with E-state index in [1.807, 2.05) is 6.07 Å². The molecule has 2 fully saturated rings. The maximum absolute atomic E-state index is 5.50. The minimum Gasteiger partial charge on any atom is -0.366 e. The predicted octanol–water partition coefficient (Wildman–Crippen LogP) is 1.36. The highest BCUT2D eigenvalue weighted by atomic mass is 15.3. The molecule has 1 aromatic rings. The lowest BCUT2D eigenvalue weighted by Gasteiger charge is -2.22. The number of rotatable bonds is 5. The lowest BCUT2D eigenvalue weighted by atomic mass is 10.1. The third-order valence-electron chi connectivity index (χ3n) is 4.33. The number of hydrogen-bond donors (Lipinski definition) is 3. The SMILES string of the molecule is CCCc1nc(NN)cc(NC2CCN3CCCC23)n1. The molecule has 0 spiro atoms. The molecule has 2 saturated heterocycles. The molecule has 3 rings (SSSR count). The maximum Gasteiger partial charge on any atom is 0.145 e. The lowest BCUT2D eigenvalue weighted by molar-refractivity contribution is 0.318. The Hall–Kier alpha value is -1.40. The number of hydrogen-bond acceptors (Lipinski definition) is 6. The van der Waals surface area contributed by atoms with Gasteiger partial charge in [-0.1, -0.05) is 6.92 Å². The van der Waals surface area contributed by atoms with Crippen LogP contribution in [0.15, 0.2) is 6.07 Å². The molecule has 0 aliphatic carbocycles. The molecule has 0 saturated carbocycles. The van der Waals surface area contributed by atoms with Gasteiger partial charge >= 0.3 is 0 Å². The molecule has 20 heavy (non-hydrogen) atoms. The van der Waals surface area contributed by atoms with Gasteiger partial charge in [0.05, 0.1) is 0 Å². The van der Waals surface area contributed by atoms with Crippen molar-refractivity contribution in [1.29, 1.82) is 0 Å². The summed E-state index contributed by atoms with van der Waals surface area (Å²) in [4.78, 5) is 11.6. The molecule has 0 bridgehead atoms. The molecule has 4 N–H and O–H groups in total. The van der Waals surface area contributed by atoms with Crippen molar-refractivity contribution in [3.8, 4) is 0 Å². The molecule has 2 atom stereocenters. The van der Waals surface area contributed by atoms with Gasteiger partial charge in [0.2, 0.25) is 0 Å². The molecule has 2 aliphatic rings. The fourth-order valence-corrected chi connectivity index (χ4v) is 3.42. The lowest BCUT2D eigenvalue weighted by Crippen LogP contribution is -2.34. The summed E-state index contributed by atoms with van der Waals surface area (Å²) in [5.74, 6) is 7.94. The first-order chi connectivity index (χ1) is 9.80. The standard InChI is InChI=1S/C14H24N6/c1-2-4-12-17-13(9-14(18-12)19-15)16-10-6-8-20-7-3-5-11(10)20/h9-11H,2-8,15H2,1H3,(H2,16,17,18,19). The third-order valence-corrected chi connectivity index (χ3v) is 4.33. The van der Waals surface area contributed by atoms with E-state index in [2.05, 4.69) is 32.5 Å². The van der Waals surface area contributed by atoms with E-state index in [1.54, 1.807) is 0 Å². The van der Waals surface area contributed by atoms with E-state index >= 15 is 0 Å². The molecule has 6 heteroatoms. The molecule has 6 nitrogen and oxygen atoms in total. The largest absolute Gasteiger partial charge is 0.366 e. The van der Waals surface area contributed by atoms with E-state index in [9.17, 15) is 0 Å². The number of nitrogen functional groups attached to an aromatic ring is 1. The number of anilines is 2. The van der Waals surface area contributed by atoms with E-state index in [1.165, 1.54) is 32.4 Å². The van der Waals surface area contributed by atoms with E-state index in [-0.39, 0.29) is 0 Å². The molecule has 1 aromatic heterocycles. The zero-order chi connectivity index (χ0) is 13.9. The monoisotopic (exact) mass is 276 g/mol. The van der Waals surface area contributed by atoms with Crippen LogP contribution in [0.2, 0.25) is 0 Å². The van der Waals surface area contributed by atoms with Crippen LogP contribution in [0.5, 0.6) is 0 Å². The van der Waals surface area contributed by atoms with Crippen molar-refractivity contribution < 1.29 is 0 Å². The first-order valence-electron chi connectivity index (χ1n) is 7.65. The quantitative estimate of drug-likeness (QED) is 0.557. The van der Waals surface area contributed by atoms with Crippen LogP contribution in [0.3, 0.4) is 0 Å². The van der Waals surface area contributed by atoms with Gasteiger partial charge in [0.15, 0.2) is 0 Å². The Labute approximate surface area is 120 Å². The van der Waals surface area contributed by atoms with Crippen molar-refractivity contribution in [2.24, 2.45) is 5.84 Å². The van der Waals surface area contributed by atoms with Gasteiger partial charge in [-0.2, -0.15) is 0 Å². The number of fused-ring (bicyclic) bond motifs is 1. The molecule has 0 radical (unpaired) electrons. The van der Waals surface area contributed by atoms with Crippen molar-refractivity contribution in [3.63, 3.8) is 0 Å². The van der Waals surface area contributed by atoms with Crippen LogP contribution in [0, 0.1) is 0 Å². The Balaban J connectivity index is 1.74. The average Bonchev–Trinajstić information content (AvgIpc) is 3.04. The second-order valence-corrected chi connectivity index (χ2v) is 5.73. The zero-order valence-electron chi connectivity index (χ0n) is 12.1. The molecule has 2 unspecified atom stereocenters. The Kier molecular flexibility index (Phi) is 4.03. The highest BCUT2D eigenvalue weighted by Crippen LogP contribution is 2.30. The summed E-state index contributed by atoms with van der Waals surface area (Å²) >= 11 is 0. The number of hydrazine groups is 1. The van der Waals surface area contributed by atoms with Crippen molar-refractivity contribution in [2.75, 3.05) is 23.8 Å². The van der Waals surface area contributed by atoms with Gasteiger partial charge in [0.25, 0.3) is 0 Å². The average molecular weight is 276 g/mol. The van der Waals surface area contributed by atoms with Crippen LogP contribution in [0.1, 0.15) is 38.4 Å². The second kappa shape index (κ2) is 5.93. The highest BCUT2D eigenvalue weighted by molar-refractivity contribution is 5.47. The van der Waals surface area contributed by atoms with Crippen LogP contribution < -0.4 is 16.6 Å². The zero-order valence-corrected chi connectivity index (χ0v) is 12.1. The molecule has 110 valence electrons. The molecule has 2 aliphatic heterocycles. The van der Waals surface area contributed by atoms with Crippen molar-refractivity contribution >= 4 is 11.6 Å². The first kappa shape index (κ1) is 13.6. The van der Waals surface area contributed by atoms with E-state index in [0.29, 0.717) is 17.9 Å². The number of aromatic nitrogens is 2. The van der Waals surface area contributed by atoms with Crippen molar-refractivity contribution in [3.05, 3.63) is 11.9 Å². The van der Waals surface area contributed by atoms with Crippen LogP contribution in [-0.2, 0) is 6.42 Å². The van der Waals surface area contributed by atoms with E-state index in [4.69, 9.17) is 5.84 Å². The van der Waals surface area contributed by atoms with Crippen molar-refractivity contribution in [1.82, 2.24) is 14.9 Å². The summed E-state index contributed by atoms with van der Waals surface area (Å²) in [6.45, 7) is 4.59. The van der Waals surface area contributed by atoms with Gasteiger partial charge in [0, 0.05) is 31.1 Å². The summed E-state index contributed by atoms with van der Waals surface area (Å²) in [6, 6.07) is 3.08. The molecular formula is C14H24N6. The number of aryl methyl sites for hydroxylation is 1. The van der Waals surface area contributed by atoms with Crippen molar-refractivity contribution in [2.45, 2.75) is 51.1 Å². The molecule has 0 aromatic carbocycles. The number of nitrogens with two attached hydrogens (primary N) is 1. The normalized spacial score (nSPS) is 25.7. The summed E-state index contributed by atoms with van der Waals surface area (Å²) in [5.41, 5.74) is 2.64. The van der Waals surface area contributed by atoms with E-state index < -0.39 is 0 Å². The Bertz CT molecular complexity index is 463. The van der Waals surface area contributed by atoms with Gasteiger partial charge in [-0.25, -0.2) is 15.8 Å². The number of nitrogens with one attached hydrogen (secondary N) is 2. The summed E-state index contributed by atoms with van der Waals surface area (Å²) in [5, 5.41) is 3.60. The minimum atomic E-state index is 0.507. The Morgan fingerprint density at radius 2 is 2.15 bits per heavy atom. The van der Waals surface area contributed by atoms with Crippen LogP contribution >= 0.6 is 0 Å². The van der Waals surface area contributed by atoms with Gasteiger partial charge in [-0.3, -0.25) is 4.90 Å². The molecular weight excluding hydrogens is 252 g/mol. The summed E-state index contributed by atoms with van der Waals surface area (Å²) < 4.78 is 0. The molecule has 0 amide bonds. The first-order valence-corrected chi connectivity index (χ1v) is 7.65.